The third-order valence-corrected chi connectivity index (χ3v) is 6.12. The van der Waals surface area contributed by atoms with Gasteiger partial charge < -0.3 is 9.59 Å². The molecule has 0 saturated carbocycles. The smallest absolute Gasteiger partial charge is 0.113 e. The molecule has 0 aliphatic carbocycles. The minimum atomic E-state index is 0.324. The van der Waals surface area contributed by atoms with Gasteiger partial charge in [-0.3, -0.25) is 0 Å². The van der Waals surface area contributed by atoms with Crippen LogP contribution >= 0.6 is 22.6 Å². The van der Waals surface area contributed by atoms with Crippen molar-refractivity contribution in [2.24, 2.45) is 11.8 Å². The SMILES string of the molecule is C=C[C@H]1C[N+]2(Cc3ccc(I)cc3)CCC1C[C@@H]2CO. The van der Waals surface area contributed by atoms with E-state index in [2.05, 4.69) is 59.5 Å². The van der Waals surface area contributed by atoms with E-state index in [0.717, 1.165) is 29.9 Å². The highest BCUT2D eigenvalue weighted by Gasteiger charge is 2.50. The summed E-state index contributed by atoms with van der Waals surface area (Å²) in [5.41, 5.74) is 1.40. The van der Waals surface area contributed by atoms with Gasteiger partial charge in [-0.2, -0.15) is 0 Å². The Morgan fingerprint density at radius 2 is 2.10 bits per heavy atom. The van der Waals surface area contributed by atoms with E-state index in [1.165, 1.54) is 22.1 Å². The molecule has 3 heteroatoms. The van der Waals surface area contributed by atoms with Gasteiger partial charge >= 0.3 is 0 Å². The summed E-state index contributed by atoms with van der Waals surface area (Å²) in [6, 6.07) is 9.28. The van der Waals surface area contributed by atoms with Crippen LogP contribution in [0, 0.1) is 15.4 Å². The Morgan fingerprint density at radius 1 is 1.35 bits per heavy atom. The van der Waals surface area contributed by atoms with E-state index >= 15 is 0 Å². The molecule has 4 rings (SSSR count). The Balaban J connectivity index is 1.86. The molecule has 0 spiro atoms. The average Bonchev–Trinajstić information content (AvgIpc) is 2.49. The summed E-state index contributed by atoms with van der Waals surface area (Å²) in [5, 5.41) is 9.82. The van der Waals surface area contributed by atoms with Gasteiger partial charge in [0.2, 0.25) is 0 Å². The van der Waals surface area contributed by atoms with Crippen molar-refractivity contribution in [2.45, 2.75) is 25.4 Å². The van der Waals surface area contributed by atoms with Crippen LogP contribution in [0.15, 0.2) is 36.9 Å². The van der Waals surface area contributed by atoms with Crippen molar-refractivity contribution in [1.82, 2.24) is 0 Å². The van der Waals surface area contributed by atoms with Gasteiger partial charge in [-0.05, 0) is 40.6 Å². The van der Waals surface area contributed by atoms with E-state index in [9.17, 15) is 5.11 Å². The van der Waals surface area contributed by atoms with Crippen LogP contribution in [-0.4, -0.2) is 35.3 Å². The first-order valence-corrected chi connectivity index (χ1v) is 8.58. The molecule has 3 heterocycles. The number of fused-ring (bicyclic) bond motifs is 3. The van der Waals surface area contributed by atoms with Crippen LogP contribution in [0.4, 0.5) is 0 Å². The highest BCUT2D eigenvalue weighted by Crippen LogP contribution is 2.43. The molecule has 3 aliphatic rings. The van der Waals surface area contributed by atoms with Crippen LogP contribution in [0.1, 0.15) is 18.4 Å². The van der Waals surface area contributed by atoms with Crippen molar-refractivity contribution < 1.29 is 9.59 Å². The number of hydrogen-bond acceptors (Lipinski definition) is 1. The first-order chi connectivity index (χ1) is 9.66. The zero-order valence-corrected chi connectivity index (χ0v) is 14.0. The van der Waals surface area contributed by atoms with E-state index in [1.807, 2.05) is 0 Å². The summed E-state index contributed by atoms with van der Waals surface area (Å²) in [4.78, 5) is 0. The van der Waals surface area contributed by atoms with Crippen LogP contribution < -0.4 is 0 Å². The number of rotatable bonds is 4. The predicted molar refractivity (Wildman–Crippen MR) is 90.1 cm³/mol. The molecule has 2 bridgehead atoms. The standard InChI is InChI=1S/C17H23INO/c1-2-14-11-19(8-7-15(14)9-17(19)12-20)10-13-3-5-16(18)6-4-13/h2-6,14-15,17,20H,1,7-12H2/q+1/t14-,15?,17+,19?/m0/s1. The molecule has 2 nitrogen and oxygen atoms in total. The third kappa shape index (κ3) is 2.55. The fourth-order valence-electron chi connectivity index (χ4n) is 4.24. The molecule has 3 saturated heterocycles. The quantitative estimate of drug-likeness (QED) is 0.480. The van der Waals surface area contributed by atoms with E-state index in [0.29, 0.717) is 18.6 Å². The molecule has 108 valence electrons. The Bertz CT molecular complexity index is 486. The molecule has 2 unspecified atom stereocenters. The van der Waals surface area contributed by atoms with Crippen molar-refractivity contribution >= 4 is 22.6 Å². The third-order valence-electron chi connectivity index (χ3n) is 5.40. The highest BCUT2D eigenvalue weighted by molar-refractivity contribution is 14.1. The first-order valence-electron chi connectivity index (χ1n) is 7.50. The number of hydrogen-bond donors (Lipinski definition) is 1. The maximum Gasteiger partial charge on any atom is 0.113 e. The lowest BCUT2D eigenvalue weighted by Gasteiger charge is -2.56. The second-order valence-electron chi connectivity index (χ2n) is 6.43. The molecule has 3 aliphatic heterocycles. The Hall–Kier alpha value is -0.390. The molecule has 3 fully saturated rings. The molecule has 1 aromatic carbocycles. The van der Waals surface area contributed by atoms with E-state index in [4.69, 9.17) is 0 Å². The van der Waals surface area contributed by atoms with Crippen molar-refractivity contribution in [1.29, 1.82) is 0 Å². The van der Waals surface area contributed by atoms with E-state index in [1.54, 1.807) is 0 Å². The second kappa shape index (κ2) is 5.78. The zero-order chi connectivity index (χ0) is 14.2. The number of aliphatic hydroxyl groups excluding tert-OH is 1. The molecular formula is C17H23INO+. The summed E-state index contributed by atoms with van der Waals surface area (Å²) < 4.78 is 2.34. The number of quaternary nitrogens is 1. The van der Waals surface area contributed by atoms with Crippen molar-refractivity contribution in [2.75, 3.05) is 19.7 Å². The molecule has 1 aromatic rings. The van der Waals surface area contributed by atoms with Gasteiger partial charge in [-0.1, -0.05) is 18.2 Å². The van der Waals surface area contributed by atoms with Crippen molar-refractivity contribution in [3.8, 4) is 0 Å². The fourth-order valence-corrected chi connectivity index (χ4v) is 4.60. The average molecular weight is 384 g/mol. The second-order valence-corrected chi connectivity index (χ2v) is 7.68. The van der Waals surface area contributed by atoms with Crippen LogP contribution in [0.2, 0.25) is 0 Å². The molecule has 0 aromatic heterocycles. The van der Waals surface area contributed by atoms with Crippen LogP contribution in [0.25, 0.3) is 0 Å². The minimum absolute atomic E-state index is 0.324. The lowest BCUT2D eigenvalue weighted by atomic mass is 9.73. The molecular weight excluding hydrogens is 361 g/mol. The van der Waals surface area contributed by atoms with Crippen molar-refractivity contribution in [3.63, 3.8) is 0 Å². The number of halogens is 1. The van der Waals surface area contributed by atoms with Gasteiger partial charge in [-0.15, -0.1) is 6.58 Å². The summed E-state index contributed by atoms with van der Waals surface area (Å²) in [5.74, 6) is 1.39. The number of piperidine rings is 3. The number of nitrogens with zero attached hydrogens (tertiary/aromatic N) is 1. The lowest BCUT2D eigenvalue weighted by Crippen LogP contribution is -2.67. The maximum atomic E-state index is 9.82. The Labute approximate surface area is 135 Å². The summed E-state index contributed by atoms with van der Waals surface area (Å²) in [7, 11) is 0. The van der Waals surface area contributed by atoms with Gasteiger partial charge in [0.15, 0.2) is 0 Å². The topological polar surface area (TPSA) is 20.2 Å². The molecule has 1 N–H and O–H groups in total. The van der Waals surface area contributed by atoms with Crippen LogP contribution in [-0.2, 0) is 6.54 Å². The van der Waals surface area contributed by atoms with Crippen molar-refractivity contribution in [3.05, 3.63) is 46.1 Å². The number of benzene rings is 1. The summed E-state index contributed by atoms with van der Waals surface area (Å²) in [6.45, 7) is 7.78. The molecule has 20 heavy (non-hydrogen) atoms. The highest BCUT2D eigenvalue weighted by atomic mass is 127. The first kappa shape index (κ1) is 14.5. The zero-order valence-electron chi connectivity index (χ0n) is 11.8. The van der Waals surface area contributed by atoms with E-state index in [-0.39, 0.29) is 0 Å². The monoisotopic (exact) mass is 384 g/mol. The van der Waals surface area contributed by atoms with Gasteiger partial charge in [-0.25, -0.2) is 0 Å². The number of aliphatic hydroxyl groups is 1. The van der Waals surface area contributed by atoms with E-state index < -0.39 is 0 Å². The Kier molecular flexibility index (Phi) is 4.20. The largest absolute Gasteiger partial charge is 0.390 e. The normalized spacial score (nSPS) is 36.0. The molecule has 4 atom stereocenters. The van der Waals surface area contributed by atoms with Crippen LogP contribution in [0.5, 0.6) is 0 Å². The lowest BCUT2D eigenvalue weighted by molar-refractivity contribution is -0.981. The molecule has 0 radical (unpaired) electrons. The van der Waals surface area contributed by atoms with Gasteiger partial charge in [0, 0.05) is 27.9 Å². The van der Waals surface area contributed by atoms with Gasteiger partial charge in [0.05, 0.1) is 19.7 Å². The summed E-state index contributed by atoms with van der Waals surface area (Å²) in [6.07, 6.45) is 4.60. The van der Waals surface area contributed by atoms with Crippen LogP contribution in [0.3, 0.4) is 0 Å². The fraction of sp³-hybridized carbons (Fsp3) is 0.529. The van der Waals surface area contributed by atoms with Gasteiger partial charge in [0.1, 0.15) is 12.6 Å². The van der Waals surface area contributed by atoms with Gasteiger partial charge in [0.25, 0.3) is 0 Å². The predicted octanol–water partition coefficient (Wildman–Crippen LogP) is 3.19. The maximum absolute atomic E-state index is 9.82. The Morgan fingerprint density at radius 3 is 2.75 bits per heavy atom. The molecule has 0 amide bonds. The summed E-state index contributed by atoms with van der Waals surface area (Å²) >= 11 is 2.35. The minimum Gasteiger partial charge on any atom is -0.390 e.